The van der Waals surface area contributed by atoms with E-state index in [1.165, 1.54) is 0 Å². The maximum atomic E-state index is 11.7. The molecule has 1 heterocycles. The number of nitrogens with zero attached hydrogens (tertiary/aromatic N) is 1. The van der Waals surface area contributed by atoms with Crippen LogP contribution < -0.4 is 5.32 Å². The number of urea groups is 1. The zero-order chi connectivity index (χ0) is 12.1. The number of thioether (sulfide) groups is 1. The average molecular weight is 246 g/mol. The number of carbonyl (C=O) groups is 2. The van der Waals surface area contributed by atoms with Gasteiger partial charge in [-0.1, -0.05) is 6.92 Å². The van der Waals surface area contributed by atoms with Gasteiger partial charge in [0.15, 0.2) is 0 Å². The summed E-state index contributed by atoms with van der Waals surface area (Å²) in [4.78, 5) is 23.8. The molecule has 0 aromatic rings. The normalized spacial score (nSPS) is 25.2. The predicted octanol–water partition coefficient (Wildman–Crippen LogP) is 0.997. The first-order valence-electron chi connectivity index (χ1n) is 5.40. The first-order valence-corrected chi connectivity index (χ1v) is 6.45. The summed E-state index contributed by atoms with van der Waals surface area (Å²) in [6.45, 7) is 5.05. The number of hydrogen-bond acceptors (Lipinski definition) is 3. The second-order valence-corrected chi connectivity index (χ2v) is 5.37. The molecule has 0 spiro atoms. The van der Waals surface area contributed by atoms with Crippen LogP contribution in [0, 0.1) is 0 Å². The standard InChI is InChI=1S/C10H18N2O3S/c1-7-8(2)16-6-5-12(7)10(15)11-4-3-9(13)14/h7-8H,3-6H2,1-2H3,(H,11,15)(H,13,14). The van der Waals surface area contributed by atoms with E-state index in [0.717, 1.165) is 12.3 Å². The second kappa shape index (κ2) is 5.98. The van der Waals surface area contributed by atoms with E-state index in [1.54, 1.807) is 4.90 Å². The fourth-order valence-corrected chi connectivity index (χ4v) is 2.70. The number of carbonyl (C=O) groups excluding carboxylic acids is 1. The van der Waals surface area contributed by atoms with Crippen LogP contribution in [-0.2, 0) is 4.79 Å². The highest BCUT2D eigenvalue weighted by Gasteiger charge is 2.28. The molecule has 0 aromatic carbocycles. The lowest BCUT2D eigenvalue weighted by atomic mass is 10.2. The Labute approximate surface area is 99.6 Å². The van der Waals surface area contributed by atoms with Crippen molar-refractivity contribution >= 4 is 23.8 Å². The summed E-state index contributed by atoms with van der Waals surface area (Å²) in [6, 6.07) is 0.0458. The van der Waals surface area contributed by atoms with Gasteiger partial charge in [0.2, 0.25) is 0 Å². The van der Waals surface area contributed by atoms with Gasteiger partial charge < -0.3 is 15.3 Å². The zero-order valence-electron chi connectivity index (χ0n) is 9.60. The molecule has 0 aromatic heterocycles. The van der Waals surface area contributed by atoms with Gasteiger partial charge in [-0.3, -0.25) is 4.79 Å². The fraction of sp³-hybridized carbons (Fsp3) is 0.800. The average Bonchev–Trinajstić information content (AvgIpc) is 2.21. The van der Waals surface area contributed by atoms with E-state index < -0.39 is 5.97 Å². The van der Waals surface area contributed by atoms with Crippen molar-refractivity contribution in [3.05, 3.63) is 0 Å². The van der Waals surface area contributed by atoms with Crippen molar-refractivity contribution in [2.45, 2.75) is 31.6 Å². The Balaban J connectivity index is 2.37. The van der Waals surface area contributed by atoms with Gasteiger partial charge in [0.25, 0.3) is 0 Å². The van der Waals surface area contributed by atoms with Crippen LogP contribution in [0.4, 0.5) is 4.79 Å². The maximum Gasteiger partial charge on any atom is 0.317 e. The van der Waals surface area contributed by atoms with E-state index in [0.29, 0.717) is 5.25 Å². The van der Waals surface area contributed by atoms with Gasteiger partial charge in [-0.2, -0.15) is 11.8 Å². The van der Waals surface area contributed by atoms with Crippen molar-refractivity contribution in [3.63, 3.8) is 0 Å². The molecule has 92 valence electrons. The Hall–Kier alpha value is -0.910. The van der Waals surface area contributed by atoms with Crippen LogP contribution in [0.2, 0.25) is 0 Å². The SMILES string of the molecule is CC1SCCN(C(=O)NCCC(=O)O)C1C. The molecule has 6 heteroatoms. The van der Waals surface area contributed by atoms with Crippen molar-refractivity contribution in [2.24, 2.45) is 0 Å². The van der Waals surface area contributed by atoms with Crippen molar-refractivity contribution in [1.29, 1.82) is 0 Å². The molecule has 0 bridgehead atoms. The minimum atomic E-state index is -0.893. The molecule has 2 unspecified atom stereocenters. The smallest absolute Gasteiger partial charge is 0.317 e. The summed E-state index contributed by atoms with van der Waals surface area (Å²) in [5, 5.41) is 11.5. The Bertz CT molecular complexity index is 273. The largest absolute Gasteiger partial charge is 0.481 e. The fourth-order valence-electron chi connectivity index (χ4n) is 1.60. The number of rotatable bonds is 3. The number of amides is 2. The zero-order valence-corrected chi connectivity index (χ0v) is 10.4. The topological polar surface area (TPSA) is 69.6 Å². The van der Waals surface area contributed by atoms with Gasteiger partial charge in [-0.25, -0.2) is 4.79 Å². The first-order chi connectivity index (χ1) is 7.52. The summed E-state index contributed by atoms with van der Waals surface area (Å²) >= 11 is 1.86. The van der Waals surface area contributed by atoms with Crippen molar-refractivity contribution in [1.82, 2.24) is 10.2 Å². The Morgan fingerprint density at radius 2 is 2.19 bits per heavy atom. The molecule has 1 aliphatic rings. The van der Waals surface area contributed by atoms with E-state index >= 15 is 0 Å². The molecule has 5 nitrogen and oxygen atoms in total. The summed E-state index contributed by atoms with van der Waals surface area (Å²) in [7, 11) is 0. The van der Waals surface area contributed by atoms with E-state index in [-0.39, 0.29) is 25.0 Å². The van der Waals surface area contributed by atoms with E-state index in [9.17, 15) is 9.59 Å². The molecule has 1 saturated heterocycles. The van der Waals surface area contributed by atoms with Crippen molar-refractivity contribution in [2.75, 3.05) is 18.8 Å². The van der Waals surface area contributed by atoms with Gasteiger partial charge >= 0.3 is 12.0 Å². The Kier molecular flexibility index (Phi) is 4.92. The second-order valence-electron chi connectivity index (χ2n) is 3.89. The third-order valence-electron chi connectivity index (χ3n) is 2.76. The van der Waals surface area contributed by atoms with Gasteiger partial charge in [0.05, 0.1) is 6.42 Å². The molecule has 0 aliphatic carbocycles. The molecule has 1 aliphatic heterocycles. The lowest BCUT2D eigenvalue weighted by Gasteiger charge is -2.37. The van der Waals surface area contributed by atoms with Gasteiger partial charge in [0.1, 0.15) is 0 Å². The van der Waals surface area contributed by atoms with Gasteiger partial charge in [-0.05, 0) is 6.92 Å². The summed E-state index contributed by atoms with van der Waals surface area (Å²) < 4.78 is 0. The minimum absolute atomic E-state index is 0.0295. The summed E-state index contributed by atoms with van der Waals surface area (Å²) in [5.74, 6) is 0.0496. The molecule has 1 rings (SSSR count). The predicted molar refractivity (Wildman–Crippen MR) is 63.7 cm³/mol. The molecule has 16 heavy (non-hydrogen) atoms. The molecule has 0 saturated carbocycles. The van der Waals surface area contributed by atoms with E-state index in [4.69, 9.17) is 5.11 Å². The van der Waals surface area contributed by atoms with Gasteiger partial charge in [-0.15, -0.1) is 0 Å². The minimum Gasteiger partial charge on any atom is -0.481 e. The lowest BCUT2D eigenvalue weighted by Crippen LogP contribution is -2.52. The Morgan fingerprint density at radius 1 is 1.50 bits per heavy atom. The number of hydrogen-bond donors (Lipinski definition) is 2. The third kappa shape index (κ3) is 3.59. The van der Waals surface area contributed by atoms with Crippen molar-refractivity contribution < 1.29 is 14.7 Å². The third-order valence-corrected chi connectivity index (χ3v) is 4.10. The van der Waals surface area contributed by atoms with Crippen LogP contribution in [0.25, 0.3) is 0 Å². The highest BCUT2D eigenvalue weighted by atomic mass is 32.2. The first kappa shape index (κ1) is 13.2. The Morgan fingerprint density at radius 3 is 2.81 bits per heavy atom. The van der Waals surface area contributed by atoms with Crippen LogP contribution in [0.5, 0.6) is 0 Å². The molecule has 2 amide bonds. The highest BCUT2D eigenvalue weighted by Crippen LogP contribution is 2.23. The molecule has 2 N–H and O–H groups in total. The van der Waals surface area contributed by atoms with Crippen LogP contribution in [0.3, 0.4) is 0 Å². The highest BCUT2D eigenvalue weighted by molar-refractivity contribution is 8.00. The van der Waals surface area contributed by atoms with Crippen LogP contribution in [0.15, 0.2) is 0 Å². The van der Waals surface area contributed by atoms with E-state index in [2.05, 4.69) is 12.2 Å². The van der Waals surface area contributed by atoms with Gasteiger partial charge in [0, 0.05) is 30.1 Å². The van der Waals surface area contributed by atoms with Crippen LogP contribution >= 0.6 is 11.8 Å². The van der Waals surface area contributed by atoms with Crippen LogP contribution in [0.1, 0.15) is 20.3 Å². The lowest BCUT2D eigenvalue weighted by molar-refractivity contribution is -0.136. The molecule has 0 radical (unpaired) electrons. The molecular formula is C10H18N2O3S. The molecular weight excluding hydrogens is 228 g/mol. The molecule has 2 atom stereocenters. The molecule has 1 fully saturated rings. The maximum absolute atomic E-state index is 11.7. The van der Waals surface area contributed by atoms with Crippen LogP contribution in [-0.4, -0.2) is 52.1 Å². The monoisotopic (exact) mass is 246 g/mol. The quantitative estimate of drug-likeness (QED) is 0.779. The summed E-state index contributed by atoms with van der Waals surface area (Å²) in [5.41, 5.74) is 0. The number of nitrogens with one attached hydrogen (secondary N) is 1. The number of carboxylic acid groups (broad SMARTS) is 1. The number of carboxylic acids is 1. The summed E-state index contributed by atoms with van der Waals surface area (Å²) in [6.07, 6.45) is -0.0295. The number of aliphatic carboxylic acids is 1. The van der Waals surface area contributed by atoms with E-state index in [1.807, 2.05) is 18.7 Å². The van der Waals surface area contributed by atoms with Crippen molar-refractivity contribution in [3.8, 4) is 0 Å².